The van der Waals surface area contributed by atoms with Gasteiger partial charge in [-0.25, -0.2) is 9.97 Å². The van der Waals surface area contributed by atoms with Crippen molar-refractivity contribution in [3.63, 3.8) is 0 Å². The summed E-state index contributed by atoms with van der Waals surface area (Å²) in [6.07, 6.45) is 7.04. The van der Waals surface area contributed by atoms with Crippen molar-refractivity contribution >= 4 is 17.4 Å². The largest absolute Gasteiger partial charge is 0.364 e. The van der Waals surface area contributed by atoms with Gasteiger partial charge < -0.3 is 10.6 Å². The molecule has 2 N–H and O–H groups in total. The molecular formula is C20H17N7O. The van der Waals surface area contributed by atoms with E-state index in [1.54, 1.807) is 30.9 Å². The molecule has 0 atom stereocenters. The van der Waals surface area contributed by atoms with Crippen LogP contribution in [0.5, 0.6) is 0 Å². The smallest absolute Gasteiger partial charge is 0.276 e. The molecule has 8 heteroatoms. The molecule has 138 valence electrons. The number of amides is 1. The average Bonchev–Trinajstić information content (AvgIpc) is 3.29. The van der Waals surface area contributed by atoms with E-state index in [9.17, 15) is 4.79 Å². The van der Waals surface area contributed by atoms with Gasteiger partial charge in [-0.3, -0.25) is 9.36 Å². The maximum absolute atomic E-state index is 12.2. The summed E-state index contributed by atoms with van der Waals surface area (Å²) in [4.78, 5) is 20.6. The number of benzene rings is 1. The zero-order valence-corrected chi connectivity index (χ0v) is 14.9. The Kier molecular flexibility index (Phi) is 5.01. The van der Waals surface area contributed by atoms with E-state index in [1.165, 1.54) is 0 Å². The molecule has 3 heterocycles. The van der Waals surface area contributed by atoms with E-state index in [4.69, 9.17) is 0 Å². The number of nitrogens with one attached hydrogen (secondary N) is 2. The van der Waals surface area contributed by atoms with Gasteiger partial charge in [0.15, 0.2) is 5.69 Å². The van der Waals surface area contributed by atoms with E-state index >= 15 is 0 Å². The molecular weight excluding hydrogens is 354 g/mol. The van der Waals surface area contributed by atoms with Crippen LogP contribution in [0.1, 0.15) is 16.1 Å². The second kappa shape index (κ2) is 8.09. The molecule has 0 radical (unpaired) electrons. The normalized spacial score (nSPS) is 10.4. The number of rotatable bonds is 6. The van der Waals surface area contributed by atoms with Gasteiger partial charge in [-0.15, -0.1) is 10.2 Å². The molecule has 0 saturated carbocycles. The van der Waals surface area contributed by atoms with Crippen molar-refractivity contribution in [1.82, 2.24) is 24.7 Å². The Labute approximate surface area is 161 Å². The number of para-hydroxylation sites is 1. The molecule has 0 saturated heterocycles. The van der Waals surface area contributed by atoms with Crippen molar-refractivity contribution in [3.05, 3.63) is 90.8 Å². The predicted octanol–water partition coefficient (Wildman–Crippen LogP) is 2.92. The lowest BCUT2D eigenvalue weighted by Gasteiger charge is -2.07. The fraction of sp³-hybridized carbons (Fsp3) is 0.0500. The van der Waals surface area contributed by atoms with Crippen LogP contribution in [0.25, 0.3) is 5.82 Å². The minimum absolute atomic E-state index is 0.251. The van der Waals surface area contributed by atoms with Crippen LogP contribution in [0.4, 0.5) is 11.5 Å². The van der Waals surface area contributed by atoms with E-state index in [2.05, 4.69) is 30.8 Å². The number of carbonyl (C=O) groups excluding carboxylic acids is 1. The second-order valence-corrected chi connectivity index (χ2v) is 5.97. The van der Waals surface area contributed by atoms with Crippen molar-refractivity contribution in [1.29, 1.82) is 0 Å². The number of anilines is 2. The number of carbonyl (C=O) groups is 1. The van der Waals surface area contributed by atoms with Gasteiger partial charge in [0, 0.05) is 30.8 Å². The third kappa shape index (κ3) is 4.18. The van der Waals surface area contributed by atoms with Gasteiger partial charge in [0.1, 0.15) is 18.0 Å². The standard InChI is InChI=1S/C20H17N7O/c28-20(24-16-4-2-1-3-5-16)17-7-8-18(26-25-17)22-12-15-6-9-19(23-13-15)27-11-10-21-14-27/h1-11,13-14H,12H2,(H,22,26)(H,24,28). The number of aromatic nitrogens is 5. The third-order valence-electron chi connectivity index (χ3n) is 3.98. The average molecular weight is 371 g/mol. The number of nitrogens with zero attached hydrogens (tertiary/aromatic N) is 5. The van der Waals surface area contributed by atoms with E-state index in [0.29, 0.717) is 18.1 Å². The maximum atomic E-state index is 12.2. The molecule has 8 nitrogen and oxygen atoms in total. The summed E-state index contributed by atoms with van der Waals surface area (Å²) in [5.74, 6) is 1.08. The molecule has 0 unspecified atom stereocenters. The van der Waals surface area contributed by atoms with Gasteiger partial charge in [0.25, 0.3) is 5.91 Å². The zero-order valence-electron chi connectivity index (χ0n) is 14.9. The first-order valence-electron chi connectivity index (χ1n) is 8.65. The van der Waals surface area contributed by atoms with Crippen molar-refractivity contribution in [2.75, 3.05) is 10.6 Å². The summed E-state index contributed by atoms with van der Waals surface area (Å²) in [5.41, 5.74) is 1.96. The molecule has 4 aromatic rings. The Morgan fingerprint density at radius 1 is 1.00 bits per heavy atom. The monoisotopic (exact) mass is 371 g/mol. The molecule has 0 aliphatic carbocycles. The van der Waals surface area contributed by atoms with Gasteiger partial charge >= 0.3 is 0 Å². The van der Waals surface area contributed by atoms with Crippen LogP contribution in [0.2, 0.25) is 0 Å². The Hall–Kier alpha value is -4.07. The van der Waals surface area contributed by atoms with E-state index in [0.717, 1.165) is 11.4 Å². The van der Waals surface area contributed by atoms with Gasteiger partial charge in [-0.2, -0.15) is 0 Å². The Balaban J connectivity index is 1.34. The Morgan fingerprint density at radius 3 is 2.57 bits per heavy atom. The van der Waals surface area contributed by atoms with Gasteiger partial charge in [0.05, 0.1) is 0 Å². The number of hydrogen-bond donors (Lipinski definition) is 2. The van der Waals surface area contributed by atoms with Gasteiger partial charge in [-0.05, 0) is 35.9 Å². The second-order valence-electron chi connectivity index (χ2n) is 5.97. The summed E-state index contributed by atoms with van der Waals surface area (Å²) < 4.78 is 1.84. The highest BCUT2D eigenvalue weighted by Crippen LogP contribution is 2.10. The molecule has 3 aromatic heterocycles. The predicted molar refractivity (Wildman–Crippen MR) is 105 cm³/mol. The summed E-state index contributed by atoms with van der Waals surface area (Å²) in [7, 11) is 0. The SMILES string of the molecule is O=C(Nc1ccccc1)c1ccc(NCc2ccc(-n3ccnc3)nc2)nn1. The van der Waals surface area contributed by atoms with Crippen molar-refractivity contribution in [2.24, 2.45) is 0 Å². The molecule has 0 fully saturated rings. The highest BCUT2D eigenvalue weighted by molar-refractivity contribution is 6.02. The van der Waals surface area contributed by atoms with E-state index < -0.39 is 0 Å². The van der Waals surface area contributed by atoms with Gasteiger partial charge in [0.2, 0.25) is 0 Å². The molecule has 4 rings (SSSR count). The van der Waals surface area contributed by atoms with Crippen LogP contribution < -0.4 is 10.6 Å². The van der Waals surface area contributed by atoms with Crippen LogP contribution in [-0.2, 0) is 6.54 Å². The summed E-state index contributed by atoms with van der Waals surface area (Å²) in [6, 6.07) is 16.5. The van der Waals surface area contributed by atoms with Crippen molar-refractivity contribution in [2.45, 2.75) is 6.54 Å². The first-order chi connectivity index (χ1) is 13.8. The number of pyridine rings is 1. The lowest BCUT2D eigenvalue weighted by molar-refractivity contribution is 0.102. The van der Waals surface area contributed by atoms with Crippen LogP contribution in [-0.4, -0.2) is 30.6 Å². The van der Waals surface area contributed by atoms with Crippen molar-refractivity contribution in [3.8, 4) is 5.82 Å². The lowest BCUT2D eigenvalue weighted by Crippen LogP contribution is -2.14. The third-order valence-corrected chi connectivity index (χ3v) is 3.98. The minimum atomic E-state index is -0.301. The van der Waals surface area contributed by atoms with Crippen LogP contribution in [0.3, 0.4) is 0 Å². The molecule has 28 heavy (non-hydrogen) atoms. The first-order valence-corrected chi connectivity index (χ1v) is 8.65. The molecule has 1 aromatic carbocycles. The zero-order chi connectivity index (χ0) is 19.2. The maximum Gasteiger partial charge on any atom is 0.276 e. The first kappa shape index (κ1) is 17.3. The minimum Gasteiger partial charge on any atom is -0.364 e. The summed E-state index contributed by atoms with van der Waals surface area (Å²) >= 11 is 0. The molecule has 1 amide bonds. The van der Waals surface area contributed by atoms with Crippen LogP contribution >= 0.6 is 0 Å². The topological polar surface area (TPSA) is 97.6 Å². The fourth-order valence-electron chi connectivity index (χ4n) is 2.53. The molecule has 0 aliphatic rings. The number of hydrogen-bond acceptors (Lipinski definition) is 6. The number of imidazole rings is 1. The van der Waals surface area contributed by atoms with Crippen LogP contribution in [0, 0.1) is 0 Å². The van der Waals surface area contributed by atoms with Gasteiger partial charge in [-0.1, -0.05) is 24.3 Å². The Bertz CT molecular complexity index is 1030. The molecule has 0 aliphatic heterocycles. The molecule has 0 bridgehead atoms. The van der Waals surface area contributed by atoms with Crippen LogP contribution in [0.15, 0.2) is 79.5 Å². The summed E-state index contributed by atoms with van der Waals surface area (Å²) in [5, 5.41) is 14.0. The van der Waals surface area contributed by atoms with E-state index in [-0.39, 0.29) is 11.6 Å². The van der Waals surface area contributed by atoms with E-state index in [1.807, 2.05) is 53.2 Å². The quantitative estimate of drug-likeness (QED) is 0.541. The fourth-order valence-corrected chi connectivity index (χ4v) is 2.53. The summed E-state index contributed by atoms with van der Waals surface area (Å²) in [6.45, 7) is 0.543. The lowest BCUT2D eigenvalue weighted by atomic mass is 10.2. The van der Waals surface area contributed by atoms with Crippen molar-refractivity contribution < 1.29 is 4.79 Å². The molecule has 0 spiro atoms. The highest BCUT2D eigenvalue weighted by Gasteiger charge is 2.08. The Morgan fingerprint density at radius 2 is 1.89 bits per heavy atom. The highest BCUT2D eigenvalue weighted by atomic mass is 16.1.